The second-order valence-electron chi connectivity index (χ2n) is 10.5. The third kappa shape index (κ3) is 5.55. The van der Waals surface area contributed by atoms with Crippen LogP contribution < -0.4 is 0 Å². The Bertz CT molecular complexity index is 567. The van der Waals surface area contributed by atoms with Gasteiger partial charge < -0.3 is 9.47 Å². The molecule has 0 aromatic rings. The molecule has 3 aliphatic rings. The first-order valence-corrected chi connectivity index (χ1v) is 12.2. The maximum atomic E-state index is 12.0. The molecule has 3 rings (SSSR count). The fourth-order valence-electron chi connectivity index (χ4n) is 5.85. The molecule has 2 saturated heterocycles. The number of hydrogen-bond acceptors (Lipinski definition) is 4. The average molecular weight is 407 g/mol. The van der Waals surface area contributed by atoms with Crippen molar-refractivity contribution in [3.63, 3.8) is 0 Å². The van der Waals surface area contributed by atoms with Crippen molar-refractivity contribution in [2.75, 3.05) is 13.2 Å². The largest absolute Gasteiger partial charge is 0.465 e. The first-order valence-electron chi connectivity index (χ1n) is 12.2. The molecule has 2 aliphatic heterocycles. The van der Waals surface area contributed by atoms with E-state index in [1.165, 1.54) is 57.8 Å². The van der Waals surface area contributed by atoms with Crippen molar-refractivity contribution in [2.45, 2.75) is 104 Å². The summed E-state index contributed by atoms with van der Waals surface area (Å²) in [6, 6.07) is 0. The molecule has 0 bridgehead atoms. The van der Waals surface area contributed by atoms with Crippen LogP contribution in [0.2, 0.25) is 0 Å². The minimum absolute atomic E-state index is 0.0296. The van der Waals surface area contributed by atoms with Crippen molar-refractivity contribution in [3.8, 4) is 0 Å². The van der Waals surface area contributed by atoms with Crippen molar-refractivity contribution >= 4 is 11.9 Å². The summed E-state index contributed by atoms with van der Waals surface area (Å²) in [5.74, 6) is 1.18. The molecule has 0 N–H and O–H groups in total. The van der Waals surface area contributed by atoms with Gasteiger partial charge in [-0.15, -0.1) is 0 Å². The monoisotopic (exact) mass is 406 g/mol. The van der Waals surface area contributed by atoms with E-state index in [0.717, 1.165) is 31.6 Å². The van der Waals surface area contributed by atoms with E-state index >= 15 is 0 Å². The van der Waals surface area contributed by atoms with Crippen LogP contribution in [0.15, 0.2) is 0 Å². The molecule has 4 atom stereocenters. The van der Waals surface area contributed by atoms with Crippen molar-refractivity contribution in [3.05, 3.63) is 0 Å². The van der Waals surface area contributed by atoms with Crippen LogP contribution in [0.4, 0.5) is 0 Å². The Labute approximate surface area is 177 Å². The van der Waals surface area contributed by atoms with Gasteiger partial charge in [0.25, 0.3) is 0 Å². The molecule has 0 aromatic heterocycles. The lowest BCUT2D eigenvalue weighted by atomic mass is 9.70. The number of esters is 2. The molecule has 1 aliphatic carbocycles. The third-order valence-electron chi connectivity index (χ3n) is 8.47. The highest BCUT2D eigenvalue weighted by atomic mass is 16.5. The van der Waals surface area contributed by atoms with E-state index in [4.69, 9.17) is 9.47 Å². The molecule has 0 spiro atoms. The fourth-order valence-corrected chi connectivity index (χ4v) is 5.85. The topological polar surface area (TPSA) is 52.6 Å². The standard InChI is InChI=1S/C25H42O4/c1-4-24(3,20-11-17-28-22(20)26)13-7-5-9-19(2)10-6-8-14-25(15-16-25)21-12-18-29-23(21)27/h19-21H,4-18H2,1-3H3. The van der Waals surface area contributed by atoms with Gasteiger partial charge in [-0.25, -0.2) is 0 Å². The molecule has 0 amide bonds. The van der Waals surface area contributed by atoms with Crippen molar-refractivity contribution in [1.82, 2.24) is 0 Å². The Kier molecular flexibility index (Phi) is 7.67. The SMILES string of the molecule is CCC(C)(CCCCC(C)CCCCC1(C2CCOC2=O)CC1)C1CCOC1=O. The summed E-state index contributed by atoms with van der Waals surface area (Å²) >= 11 is 0. The lowest BCUT2D eigenvalue weighted by Gasteiger charge is -2.32. The van der Waals surface area contributed by atoms with Gasteiger partial charge in [-0.1, -0.05) is 59.3 Å². The van der Waals surface area contributed by atoms with E-state index < -0.39 is 0 Å². The van der Waals surface area contributed by atoms with Crippen LogP contribution in [0.5, 0.6) is 0 Å². The maximum Gasteiger partial charge on any atom is 0.309 e. The number of hydrogen-bond donors (Lipinski definition) is 0. The minimum Gasteiger partial charge on any atom is -0.465 e. The zero-order valence-corrected chi connectivity index (χ0v) is 19.0. The minimum atomic E-state index is 0.0296. The maximum absolute atomic E-state index is 12.0. The van der Waals surface area contributed by atoms with E-state index in [1.807, 2.05) is 0 Å². The molecule has 4 unspecified atom stereocenters. The summed E-state index contributed by atoms with van der Waals surface area (Å²) in [5.41, 5.74) is 0.416. The lowest BCUT2D eigenvalue weighted by Crippen LogP contribution is -2.30. The van der Waals surface area contributed by atoms with Gasteiger partial charge in [-0.05, 0) is 61.7 Å². The molecule has 29 heavy (non-hydrogen) atoms. The molecule has 2 heterocycles. The molecule has 4 nitrogen and oxygen atoms in total. The summed E-state index contributed by atoms with van der Waals surface area (Å²) < 4.78 is 10.4. The number of unbranched alkanes of at least 4 members (excludes halogenated alkanes) is 2. The molecule has 0 aromatic carbocycles. The van der Waals surface area contributed by atoms with Crippen LogP contribution in [-0.2, 0) is 19.1 Å². The van der Waals surface area contributed by atoms with Gasteiger partial charge in [0.05, 0.1) is 25.0 Å². The Morgan fingerprint density at radius 1 is 1.00 bits per heavy atom. The fraction of sp³-hybridized carbons (Fsp3) is 0.920. The number of carbonyl (C=O) groups is 2. The van der Waals surface area contributed by atoms with Gasteiger partial charge in [0, 0.05) is 0 Å². The van der Waals surface area contributed by atoms with Crippen molar-refractivity contribution < 1.29 is 19.1 Å². The summed E-state index contributed by atoms with van der Waals surface area (Å²) in [6.07, 6.45) is 15.3. The smallest absolute Gasteiger partial charge is 0.309 e. The first-order chi connectivity index (χ1) is 13.9. The molecule has 0 radical (unpaired) electrons. The van der Waals surface area contributed by atoms with Crippen LogP contribution >= 0.6 is 0 Å². The zero-order chi connectivity index (χ0) is 20.9. The normalized spacial score (nSPS) is 28.7. The van der Waals surface area contributed by atoms with E-state index in [2.05, 4.69) is 20.8 Å². The second-order valence-corrected chi connectivity index (χ2v) is 10.5. The Morgan fingerprint density at radius 2 is 1.66 bits per heavy atom. The van der Waals surface area contributed by atoms with Gasteiger partial charge in [0.15, 0.2) is 0 Å². The highest BCUT2D eigenvalue weighted by Crippen LogP contribution is 2.58. The lowest BCUT2D eigenvalue weighted by molar-refractivity contribution is -0.145. The molecular formula is C25H42O4. The van der Waals surface area contributed by atoms with Crippen molar-refractivity contribution in [2.24, 2.45) is 28.6 Å². The number of rotatable bonds is 13. The van der Waals surface area contributed by atoms with Gasteiger partial charge in [0.2, 0.25) is 0 Å². The first kappa shape index (κ1) is 22.6. The van der Waals surface area contributed by atoms with Crippen LogP contribution in [0, 0.1) is 28.6 Å². The molecule has 3 fully saturated rings. The summed E-state index contributed by atoms with van der Waals surface area (Å²) in [6.45, 7) is 8.13. The van der Waals surface area contributed by atoms with E-state index in [1.54, 1.807) is 0 Å². The Hall–Kier alpha value is -1.06. The number of carbonyl (C=O) groups excluding carboxylic acids is 2. The Balaban J connectivity index is 1.27. The summed E-state index contributed by atoms with van der Waals surface area (Å²) in [5, 5.41) is 0. The van der Waals surface area contributed by atoms with Gasteiger partial charge in [-0.3, -0.25) is 9.59 Å². The van der Waals surface area contributed by atoms with Crippen LogP contribution in [0.1, 0.15) is 104 Å². The van der Waals surface area contributed by atoms with E-state index in [0.29, 0.717) is 18.6 Å². The summed E-state index contributed by atoms with van der Waals surface area (Å²) in [7, 11) is 0. The Morgan fingerprint density at radius 3 is 2.21 bits per heavy atom. The predicted molar refractivity (Wildman–Crippen MR) is 114 cm³/mol. The van der Waals surface area contributed by atoms with Gasteiger partial charge >= 0.3 is 11.9 Å². The second kappa shape index (κ2) is 9.83. The predicted octanol–water partition coefficient (Wildman–Crippen LogP) is 6.07. The van der Waals surface area contributed by atoms with E-state index in [-0.39, 0.29) is 29.2 Å². The van der Waals surface area contributed by atoms with Gasteiger partial charge in [0.1, 0.15) is 0 Å². The highest BCUT2D eigenvalue weighted by Gasteiger charge is 2.53. The highest BCUT2D eigenvalue weighted by molar-refractivity contribution is 5.76. The molecule has 166 valence electrons. The zero-order valence-electron chi connectivity index (χ0n) is 19.0. The van der Waals surface area contributed by atoms with Crippen molar-refractivity contribution in [1.29, 1.82) is 0 Å². The average Bonchev–Trinajstić information content (AvgIpc) is 3.13. The van der Waals surface area contributed by atoms with E-state index in [9.17, 15) is 9.59 Å². The number of cyclic esters (lactones) is 2. The molecular weight excluding hydrogens is 364 g/mol. The number of ether oxygens (including phenoxy) is 2. The molecule has 4 heteroatoms. The van der Waals surface area contributed by atoms with Crippen LogP contribution in [0.3, 0.4) is 0 Å². The summed E-state index contributed by atoms with van der Waals surface area (Å²) in [4.78, 5) is 23.9. The van der Waals surface area contributed by atoms with Crippen LogP contribution in [0.25, 0.3) is 0 Å². The van der Waals surface area contributed by atoms with Gasteiger partial charge in [-0.2, -0.15) is 0 Å². The quantitative estimate of drug-likeness (QED) is 0.275. The van der Waals surface area contributed by atoms with Crippen LogP contribution in [-0.4, -0.2) is 25.2 Å². The third-order valence-corrected chi connectivity index (χ3v) is 8.47. The molecule has 1 saturated carbocycles.